The normalized spacial score (nSPS) is 12.2. The Morgan fingerprint density at radius 1 is 1.13 bits per heavy atom. The van der Waals surface area contributed by atoms with Crippen LogP contribution in [-0.4, -0.2) is 22.8 Å². The molecule has 3 rings (SSSR count). The third kappa shape index (κ3) is 3.57. The van der Waals surface area contributed by atoms with E-state index in [9.17, 15) is 9.90 Å². The number of hydrogen-bond donors (Lipinski definition) is 2. The lowest BCUT2D eigenvalue weighted by atomic mass is 10.0. The Labute approximate surface area is 133 Å². The third-order valence-corrected chi connectivity index (χ3v) is 3.74. The average Bonchev–Trinajstić information content (AvgIpc) is 2.98. The number of rotatable bonds is 6. The summed E-state index contributed by atoms with van der Waals surface area (Å²) in [4.78, 5) is 12.3. The number of para-hydroxylation sites is 1. The van der Waals surface area contributed by atoms with Crippen LogP contribution < -0.4 is 5.32 Å². The van der Waals surface area contributed by atoms with E-state index in [1.165, 1.54) is 0 Å². The summed E-state index contributed by atoms with van der Waals surface area (Å²) in [6, 6.07) is 16.9. The summed E-state index contributed by atoms with van der Waals surface area (Å²) < 4.78 is 5.22. The summed E-state index contributed by atoms with van der Waals surface area (Å²) in [5, 5.41) is 17.0. The van der Waals surface area contributed by atoms with Gasteiger partial charge in [0.2, 0.25) is 5.91 Å². The molecule has 1 atom stereocenters. The summed E-state index contributed by atoms with van der Waals surface area (Å²) in [5.74, 6) is -0.147. The number of aliphatic hydroxyl groups excluding tert-OH is 1. The van der Waals surface area contributed by atoms with Gasteiger partial charge in [-0.3, -0.25) is 4.79 Å². The van der Waals surface area contributed by atoms with Crippen molar-refractivity contribution >= 4 is 16.9 Å². The number of aromatic nitrogens is 1. The Kier molecular flexibility index (Phi) is 4.68. The molecule has 0 saturated carbocycles. The summed E-state index contributed by atoms with van der Waals surface area (Å²) in [6.45, 7) is 0.00668. The molecule has 1 amide bonds. The second kappa shape index (κ2) is 7.07. The minimum absolute atomic E-state index is 0.00668. The van der Waals surface area contributed by atoms with Crippen molar-refractivity contribution in [3.63, 3.8) is 0 Å². The minimum atomic E-state index is -0.216. The molecule has 1 aromatic heterocycles. The molecule has 0 spiro atoms. The maximum atomic E-state index is 12.3. The number of aliphatic hydroxyl groups is 1. The molecule has 1 heterocycles. The van der Waals surface area contributed by atoms with Crippen molar-refractivity contribution < 1.29 is 14.4 Å². The van der Waals surface area contributed by atoms with Gasteiger partial charge in [-0.2, -0.15) is 0 Å². The molecule has 118 valence electrons. The van der Waals surface area contributed by atoms with Crippen molar-refractivity contribution in [2.75, 3.05) is 6.61 Å². The van der Waals surface area contributed by atoms with Gasteiger partial charge in [0, 0.05) is 12.0 Å². The molecule has 3 aromatic rings. The molecule has 0 radical (unpaired) electrons. The molecule has 1 unspecified atom stereocenters. The van der Waals surface area contributed by atoms with Crippen molar-refractivity contribution in [2.24, 2.45) is 0 Å². The van der Waals surface area contributed by atoms with Crippen LogP contribution in [0.2, 0.25) is 0 Å². The van der Waals surface area contributed by atoms with Crippen molar-refractivity contribution in [1.82, 2.24) is 10.5 Å². The van der Waals surface area contributed by atoms with E-state index in [1.807, 2.05) is 54.6 Å². The Hall–Kier alpha value is -2.66. The van der Waals surface area contributed by atoms with Crippen LogP contribution in [0, 0.1) is 0 Å². The van der Waals surface area contributed by atoms with Crippen molar-refractivity contribution in [1.29, 1.82) is 0 Å². The molecule has 0 fully saturated rings. The van der Waals surface area contributed by atoms with Gasteiger partial charge in [-0.15, -0.1) is 0 Å². The summed E-state index contributed by atoms with van der Waals surface area (Å²) >= 11 is 0. The number of nitrogens with one attached hydrogen (secondary N) is 1. The molecule has 2 N–H and O–H groups in total. The van der Waals surface area contributed by atoms with E-state index in [0.717, 1.165) is 10.9 Å². The zero-order valence-corrected chi connectivity index (χ0v) is 12.6. The fraction of sp³-hybridized carbons (Fsp3) is 0.222. The molecule has 2 aromatic carbocycles. The van der Waals surface area contributed by atoms with E-state index in [0.29, 0.717) is 17.7 Å². The second-order valence-electron chi connectivity index (χ2n) is 5.35. The van der Waals surface area contributed by atoms with E-state index in [1.54, 1.807) is 0 Å². The number of fused-ring (bicyclic) bond motifs is 1. The Morgan fingerprint density at radius 2 is 1.87 bits per heavy atom. The first-order chi connectivity index (χ1) is 11.3. The molecule has 0 aliphatic heterocycles. The maximum Gasteiger partial charge on any atom is 0.226 e. The predicted octanol–water partition coefficient (Wildman–Crippen LogP) is 2.61. The largest absolute Gasteiger partial charge is 0.396 e. The molecular weight excluding hydrogens is 292 g/mol. The van der Waals surface area contributed by atoms with E-state index in [4.69, 9.17) is 4.52 Å². The smallest absolute Gasteiger partial charge is 0.226 e. The van der Waals surface area contributed by atoms with Crippen molar-refractivity contribution in [3.8, 4) is 0 Å². The Morgan fingerprint density at radius 3 is 2.65 bits per heavy atom. The van der Waals surface area contributed by atoms with Crippen LogP contribution in [0.15, 0.2) is 59.1 Å². The number of hydrogen-bond acceptors (Lipinski definition) is 4. The van der Waals surface area contributed by atoms with Crippen molar-refractivity contribution in [3.05, 3.63) is 65.9 Å². The number of carbonyl (C=O) groups excluding carboxylic acids is 1. The summed E-state index contributed by atoms with van der Waals surface area (Å²) in [6.07, 6.45) is 0.612. The quantitative estimate of drug-likeness (QED) is 0.734. The molecule has 23 heavy (non-hydrogen) atoms. The topological polar surface area (TPSA) is 75.4 Å². The number of benzene rings is 2. The highest BCUT2D eigenvalue weighted by Gasteiger charge is 2.17. The molecule has 5 nitrogen and oxygen atoms in total. The van der Waals surface area contributed by atoms with Gasteiger partial charge in [0.05, 0.1) is 12.5 Å². The molecule has 0 aliphatic carbocycles. The molecule has 0 bridgehead atoms. The van der Waals surface area contributed by atoms with Crippen LogP contribution in [0.1, 0.15) is 23.7 Å². The van der Waals surface area contributed by atoms with Gasteiger partial charge in [0.1, 0.15) is 5.69 Å². The standard InChI is InChI=1S/C18H18N2O3/c21-11-10-15(13-6-2-1-3-7-13)19-18(22)12-16-14-8-4-5-9-17(14)23-20-16/h1-9,15,21H,10-12H2,(H,19,22). The van der Waals surface area contributed by atoms with Crippen LogP contribution in [0.5, 0.6) is 0 Å². The lowest BCUT2D eigenvalue weighted by Gasteiger charge is -2.18. The van der Waals surface area contributed by atoms with Crippen LogP contribution in [0.25, 0.3) is 11.0 Å². The highest BCUT2D eigenvalue weighted by atomic mass is 16.5. The van der Waals surface area contributed by atoms with E-state index in [2.05, 4.69) is 10.5 Å². The Balaban J connectivity index is 1.72. The Bertz CT molecular complexity index is 783. The SMILES string of the molecule is O=C(Cc1noc2ccccc12)NC(CCO)c1ccccc1. The fourth-order valence-electron chi connectivity index (χ4n) is 2.60. The maximum absolute atomic E-state index is 12.3. The molecule has 0 saturated heterocycles. The van der Waals surface area contributed by atoms with Gasteiger partial charge in [-0.25, -0.2) is 0 Å². The van der Waals surface area contributed by atoms with E-state index >= 15 is 0 Å². The fourth-order valence-corrected chi connectivity index (χ4v) is 2.60. The molecular formula is C18H18N2O3. The van der Waals surface area contributed by atoms with Crippen molar-refractivity contribution in [2.45, 2.75) is 18.9 Å². The lowest BCUT2D eigenvalue weighted by molar-refractivity contribution is -0.121. The van der Waals surface area contributed by atoms with Crippen LogP contribution >= 0.6 is 0 Å². The number of amides is 1. The zero-order chi connectivity index (χ0) is 16.1. The van der Waals surface area contributed by atoms with Gasteiger partial charge >= 0.3 is 0 Å². The van der Waals surface area contributed by atoms with E-state index < -0.39 is 0 Å². The summed E-state index contributed by atoms with van der Waals surface area (Å²) in [7, 11) is 0. The summed E-state index contributed by atoms with van der Waals surface area (Å²) in [5.41, 5.74) is 2.26. The highest BCUT2D eigenvalue weighted by molar-refractivity contribution is 5.86. The molecule has 0 aliphatic rings. The first-order valence-corrected chi connectivity index (χ1v) is 7.56. The minimum Gasteiger partial charge on any atom is -0.396 e. The first kappa shape index (κ1) is 15.2. The zero-order valence-electron chi connectivity index (χ0n) is 12.6. The van der Waals surface area contributed by atoms with Gasteiger partial charge in [-0.1, -0.05) is 47.6 Å². The lowest BCUT2D eigenvalue weighted by Crippen LogP contribution is -2.30. The van der Waals surface area contributed by atoms with Crippen LogP contribution in [0.4, 0.5) is 0 Å². The number of nitrogens with zero attached hydrogens (tertiary/aromatic N) is 1. The highest BCUT2D eigenvalue weighted by Crippen LogP contribution is 2.19. The van der Waals surface area contributed by atoms with Gasteiger partial charge in [0.25, 0.3) is 0 Å². The van der Waals surface area contributed by atoms with Gasteiger partial charge < -0.3 is 14.9 Å². The van der Waals surface area contributed by atoms with Crippen LogP contribution in [0.3, 0.4) is 0 Å². The monoisotopic (exact) mass is 310 g/mol. The third-order valence-electron chi connectivity index (χ3n) is 3.74. The second-order valence-corrected chi connectivity index (χ2v) is 5.35. The average molecular weight is 310 g/mol. The predicted molar refractivity (Wildman–Crippen MR) is 86.7 cm³/mol. The van der Waals surface area contributed by atoms with E-state index in [-0.39, 0.29) is 25.0 Å². The van der Waals surface area contributed by atoms with Gasteiger partial charge in [0.15, 0.2) is 5.58 Å². The number of carbonyl (C=O) groups is 1. The first-order valence-electron chi connectivity index (χ1n) is 7.56. The molecule has 5 heteroatoms. The van der Waals surface area contributed by atoms with Crippen LogP contribution in [-0.2, 0) is 11.2 Å². The van der Waals surface area contributed by atoms with Gasteiger partial charge in [-0.05, 0) is 24.1 Å².